The molecule has 0 aliphatic rings. The Balaban J connectivity index is 2.23. The third-order valence-electron chi connectivity index (χ3n) is 2.81. The van der Waals surface area contributed by atoms with Crippen LogP contribution in [0.25, 0.3) is 22.0 Å². The van der Waals surface area contributed by atoms with E-state index in [0.717, 1.165) is 22.0 Å². The van der Waals surface area contributed by atoms with E-state index in [1.807, 2.05) is 30.3 Å². The van der Waals surface area contributed by atoms with Crippen LogP contribution < -0.4 is 11.5 Å². The number of nitrogen functional groups attached to an aromatic ring is 2. The second-order valence-corrected chi connectivity index (χ2v) is 4.05. The molecule has 0 spiro atoms. The second-order valence-electron chi connectivity index (χ2n) is 4.05. The fraction of sp³-hybridized carbons (Fsp3) is 0. The molecule has 0 saturated carbocycles. The molecule has 88 valence electrons. The quantitative estimate of drug-likeness (QED) is 0.630. The van der Waals surface area contributed by atoms with Gasteiger partial charge >= 0.3 is 0 Å². The maximum atomic E-state index is 5.98. The number of nitrogens with two attached hydrogens (primary N) is 2. The molecule has 2 aromatic carbocycles. The summed E-state index contributed by atoms with van der Waals surface area (Å²) in [7, 11) is 0. The highest BCUT2D eigenvalue weighted by Gasteiger charge is 2.04. The third-order valence-corrected chi connectivity index (χ3v) is 2.81. The van der Waals surface area contributed by atoms with E-state index in [9.17, 15) is 0 Å². The van der Waals surface area contributed by atoms with Crippen molar-refractivity contribution in [1.29, 1.82) is 0 Å². The number of benzene rings is 2. The van der Waals surface area contributed by atoms with Gasteiger partial charge in [-0.25, -0.2) is 0 Å². The van der Waals surface area contributed by atoms with Gasteiger partial charge in [0.1, 0.15) is 0 Å². The summed E-state index contributed by atoms with van der Waals surface area (Å²) >= 11 is 0. The molecule has 1 aromatic heterocycles. The predicted molar refractivity (Wildman–Crippen MR) is 71.6 cm³/mol. The molecule has 0 atom stereocenters. The zero-order valence-corrected chi connectivity index (χ0v) is 9.54. The molecule has 3 rings (SSSR count). The van der Waals surface area contributed by atoms with Gasteiger partial charge in [0.15, 0.2) is 0 Å². The number of hydrogen-bond acceptors (Lipinski definition) is 5. The zero-order chi connectivity index (χ0) is 12.5. The molecule has 1 heterocycles. The van der Waals surface area contributed by atoms with Crippen LogP contribution in [0.2, 0.25) is 0 Å². The van der Waals surface area contributed by atoms with E-state index in [4.69, 9.17) is 11.5 Å². The lowest BCUT2D eigenvalue weighted by Gasteiger charge is -2.06. The van der Waals surface area contributed by atoms with Gasteiger partial charge in [-0.15, -0.1) is 10.2 Å². The van der Waals surface area contributed by atoms with Gasteiger partial charge in [-0.05, 0) is 34.9 Å². The first-order chi connectivity index (χ1) is 8.74. The molecule has 18 heavy (non-hydrogen) atoms. The predicted octanol–water partition coefficient (Wildman–Crippen LogP) is 1.86. The molecule has 0 bridgehead atoms. The molecule has 3 aromatic rings. The fourth-order valence-corrected chi connectivity index (χ4v) is 1.97. The Labute approximate surface area is 103 Å². The van der Waals surface area contributed by atoms with E-state index in [-0.39, 0.29) is 0 Å². The molecule has 0 aliphatic heterocycles. The first-order valence-corrected chi connectivity index (χ1v) is 5.47. The monoisotopic (exact) mass is 237 g/mol. The first-order valence-electron chi connectivity index (χ1n) is 5.47. The van der Waals surface area contributed by atoms with Gasteiger partial charge in [-0.2, -0.15) is 0 Å². The smallest absolute Gasteiger partial charge is 0.0963 e. The van der Waals surface area contributed by atoms with E-state index in [0.29, 0.717) is 11.4 Å². The standard InChI is InChI=1S/C13H11N5/c14-10-5-8-1-2-9(6-11(8)12(15)7-10)13-3-4-16-18-17-13/h1-7H,14-15H2. The van der Waals surface area contributed by atoms with Crippen molar-refractivity contribution in [3.8, 4) is 11.3 Å². The van der Waals surface area contributed by atoms with Crippen LogP contribution in [0.5, 0.6) is 0 Å². The minimum atomic E-state index is 0.661. The molecule has 5 nitrogen and oxygen atoms in total. The minimum absolute atomic E-state index is 0.661. The summed E-state index contributed by atoms with van der Waals surface area (Å²) in [4.78, 5) is 0. The minimum Gasteiger partial charge on any atom is -0.399 e. The van der Waals surface area contributed by atoms with Gasteiger partial charge in [0.25, 0.3) is 0 Å². The van der Waals surface area contributed by atoms with Gasteiger partial charge in [0, 0.05) is 22.3 Å². The number of aromatic nitrogens is 3. The largest absolute Gasteiger partial charge is 0.399 e. The van der Waals surface area contributed by atoms with Crippen molar-refractivity contribution in [2.75, 3.05) is 11.5 Å². The van der Waals surface area contributed by atoms with Gasteiger partial charge < -0.3 is 11.5 Å². The number of fused-ring (bicyclic) bond motifs is 1. The van der Waals surface area contributed by atoms with Gasteiger partial charge in [-0.1, -0.05) is 12.1 Å². The van der Waals surface area contributed by atoms with Crippen molar-refractivity contribution in [3.63, 3.8) is 0 Å². The number of rotatable bonds is 1. The molecule has 0 radical (unpaired) electrons. The molecule has 0 amide bonds. The highest BCUT2D eigenvalue weighted by atomic mass is 15.3. The summed E-state index contributed by atoms with van der Waals surface area (Å²) in [6, 6.07) is 11.4. The van der Waals surface area contributed by atoms with E-state index in [2.05, 4.69) is 15.4 Å². The molecular weight excluding hydrogens is 226 g/mol. The van der Waals surface area contributed by atoms with Crippen LogP contribution in [-0.4, -0.2) is 15.4 Å². The van der Waals surface area contributed by atoms with E-state index >= 15 is 0 Å². The van der Waals surface area contributed by atoms with Crippen molar-refractivity contribution in [3.05, 3.63) is 42.6 Å². The average molecular weight is 237 g/mol. The summed E-state index contributed by atoms with van der Waals surface area (Å²) in [5, 5.41) is 13.2. The van der Waals surface area contributed by atoms with Crippen LogP contribution in [0.1, 0.15) is 0 Å². The molecule has 0 fully saturated rings. The Hall–Kier alpha value is -2.69. The molecule has 0 aliphatic carbocycles. The lowest BCUT2D eigenvalue weighted by atomic mass is 10.0. The van der Waals surface area contributed by atoms with Gasteiger partial charge in [0.2, 0.25) is 0 Å². The Morgan fingerprint density at radius 3 is 2.61 bits per heavy atom. The zero-order valence-electron chi connectivity index (χ0n) is 9.54. The molecular formula is C13H11N5. The molecule has 5 heteroatoms. The van der Waals surface area contributed by atoms with Crippen LogP contribution in [0.3, 0.4) is 0 Å². The molecule has 0 unspecified atom stereocenters. The number of nitrogens with zero attached hydrogens (tertiary/aromatic N) is 3. The maximum Gasteiger partial charge on any atom is 0.0963 e. The van der Waals surface area contributed by atoms with Gasteiger partial charge in [0.05, 0.1) is 11.9 Å². The van der Waals surface area contributed by atoms with Crippen molar-refractivity contribution < 1.29 is 0 Å². The highest BCUT2D eigenvalue weighted by molar-refractivity contribution is 5.97. The van der Waals surface area contributed by atoms with Crippen LogP contribution in [0.4, 0.5) is 11.4 Å². The van der Waals surface area contributed by atoms with Crippen molar-refractivity contribution >= 4 is 22.1 Å². The van der Waals surface area contributed by atoms with E-state index in [1.54, 1.807) is 12.3 Å². The van der Waals surface area contributed by atoms with Crippen LogP contribution in [0, 0.1) is 0 Å². The van der Waals surface area contributed by atoms with Crippen LogP contribution in [0.15, 0.2) is 42.6 Å². The van der Waals surface area contributed by atoms with Crippen LogP contribution >= 0.6 is 0 Å². The van der Waals surface area contributed by atoms with Crippen molar-refractivity contribution in [2.24, 2.45) is 0 Å². The van der Waals surface area contributed by atoms with Gasteiger partial charge in [-0.3, -0.25) is 0 Å². The summed E-state index contributed by atoms with van der Waals surface area (Å²) < 4.78 is 0. The number of anilines is 2. The molecule has 0 saturated heterocycles. The summed E-state index contributed by atoms with van der Waals surface area (Å²) in [5.74, 6) is 0. The van der Waals surface area contributed by atoms with E-state index < -0.39 is 0 Å². The lowest BCUT2D eigenvalue weighted by Crippen LogP contribution is -1.93. The summed E-state index contributed by atoms with van der Waals surface area (Å²) in [5.41, 5.74) is 14.8. The average Bonchev–Trinajstić information content (AvgIpc) is 2.39. The maximum absolute atomic E-state index is 5.98. The first kappa shape index (κ1) is 10.5. The Morgan fingerprint density at radius 1 is 0.944 bits per heavy atom. The van der Waals surface area contributed by atoms with Crippen molar-refractivity contribution in [2.45, 2.75) is 0 Å². The third kappa shape index (κ3) is 1.71. The SMILES string of the molecule is Nc1cc(N)c2cc(-c3ccnnn3)ccc2c1. The van der Waals surface area contributed by atoms with E-state index in [1.165, 1.54) is 0 Å². The highest BCUT2D eigenvalue weighted by Crippen LogP contribution is 2.28. The topological polar surface area (TPSA) is 90.7 Å². The fourth-order valence-electron chi connectivity index (χ4n) is 1.97. The van der Waals surface area contributed by atoms with Crippen LogP contribution in [-0.2, 0) is 0 Å². The normalized spacial score (nSPS) is 10.7. The Bertz CT molecular complexity index is 709. The summed E-state index contributed by atoms with van der Waals surface area (Å²) in [6.45, 7) is 0. The Kier molecular flexibility index (Phi) is 2.30. The second kappa shape index (κ2) is 3.96. The van der Waals surface area contributed by atoms with Crippen molar-refractivity contribution in [1.82, 2.24) is 15.4 Å². The number of hydrogen-bond donors (Lipinski definition) is 2. The lowest BCUT2D eigenvalue weighted by molar-refractivity contribution is 0.871. The molecule has 4 N–H and O–H groups in total. The summed E-state index contributed by atoms with van der Waals surface area (Å²) in [6.07, 6.45) is 1.61. The Morgan fingerprint density at radius 2 is 1.83 bits per heavy atom.